The van der Waals surface area contributed by atoms with Gasteiger partial charge in [0.2, 0.25) is 11.1 Å². The van der Waals surface area contributed by atoms with Crippen LogP contribution in [0, 0.1) is 13.8 Å². The predicted octanol–water partition coefficient (Wildman–Crippen LogP) is 3.25. The molecule has 0 aliphatic carbocycles. The van der Waals surface area contributed by atoms with E-state index < -0.39 is 0 Å². The van der Waals surface area contributed by atoms with E-state index in [9.17, 15) is 4.79 Å². The average Bonchev–Trinajstić information content (AvgIpc) is 3.09. The highest BCUT2D eigenvalue weighted by atomic mass is 32.2. The molecule has 1 amide bonds. The van der Waals surface area contributed by atoms with Gasteiger partial charge in [-0.3, -0.25) is 4.79 Å². The SMILES string of the molecule is COc1ccc(-c2nnc(SCC(=O)N[C@H](C)c3ccc(C)c(C)c3)n2N)cc1. The molecule has 152 valence electrons. The lowest BCUT2D eigenvalue weighted by Gasteiger charge is -2.15. The molecular formula is C21H25N5O2S. The van der Waals surface area contributed by atoms with Gasteiger partial charge in [-0.1, -0.05) is 30.0 Å². The maximum atomic E-state index is 12.4. The lowest BCUT2D eigenvalue weighted by atomic mass is 10.0. The van der Waals surface area contributed by atoms with Crippen molar-refractivity contribution in [3.8, 4) is 17.1 Å². The lowest BCUT2D eigenvalue weighted by Crippen LogP contribution is -2.28. The summed E-state index contributed by atoms with van der Waals surface area (Å²) in [7, 11) is 1.61. The van der Waals surface area contributed by atoms with Gasteiger partial charge in [-0.05, 0) is 61.7 Å². The number of thioether (sulfide) groups is 1. The van der Waals surface area contributed by atoms with Gasteiger partial charge in [0, 0.05) is 5.56 Å². The molecule has 1 atom stereocenters. The first-order chi connectivity index (χ1) is 13.9. The van der Waals surface area contributed by atoms with Crippen LogP contribution < -0.4 is 15.9 Å². The van der Waals surface area contributed by atoms with Crippen molar-refractivity contribution < 1.29 is 9.53 Å². The third-order valence-electron chi connectivity index (χ3n) is 4.75. The number of nitrogens with zero attached hydrogens (tertiary/aromatic N) is 3. The van der Waals surface area contributed by atoms with E-state index in [2.05, 4.69) is 41.5 Å². The second-order valence-corrected chi connectivity index (χ2v) is 7.77. The molecule has 0 unspecified atom stereocenters. The van der Waals surface area contributed by atoms with Crippen LogP contribution in [0.15, 0.2) is 47.6 Å². The van der Waals surface area contributed by atoms with E-state index >= 15 is 0 Å². The van der Waals surface area contributed by atoms with Gasteiger partial charge < -0.3 is 15.9 Å². The fraction of sp³-hybridized carbons (Fsp3) is 0.286. The zero-order chi connectivity index (χ0) is 21.0. The molecule has 0 saturated carbocycles. The number of hydrogen-bond donors (Lipinski definition) is 2. The molecular weight excluding hydrogens is 386 g/mol. The molecule has 8 heteroatoms. The summed E-state index contributed by atoms with van der Waals surface area (Å²) in [5.41, 5.74) is 4.34. The lowest BCUT2D eigenvalue weighted by molar-refractivity contribution is -0.119. The first-order valence-corrected chi connectivity index (χ1v) is 10.2. The minimum Gasteiger partial charge on any atom is -0.497 e. The van der Waals surface area contributed by atoms with E-state index in [0.29, 0.717) is 11.0 Å². The maximum Gasteiger partial charge on any atom is 0.230 e. The highest BCUT2D eigenvalue weighted by molar-refractivity contribution is 7.99. The number of methoxy groups -OCH3 is 1. The first-order valence-electron chi connectivity index (χ1n) is 9.23. The Kier molecular flexibility index (Phi) is 6.43. The van der Waals surface area contributed by atoms with Crippen LogP contribution in [0.2, 0.25) is 0 Å². The number of rotatable bonds is 7. The summed E-state index contributed by atoms with van der Waals surface area (Å²) >= 11 is 1.25. The van der Waals surface area contributed by atoms with Crippen LogP contribution in [0.3, 0.4) is 0 Å². The van der Waals surface area contributed by atoms with Gasteiger partial charge in [-0.2, -0.15) is 0 Å². The molecule has 0 aliphatic rings. The van der Waals surface area contributed by atoms with E-state index in [1.165, 1.54) is 27.6 Å². The monoisotopic (exact) mass is 411 g/mol. The normalized spacial score (nSPS) is 11.9. The quantitative estimate of drug-likeness (QED) is 0.458. The minimum absolute atomic E-state index is 0.0759. The van der Waals surface area contributed by atoms with E-state index in [4.69, 9.17) is 10.6 Å². The molecule has 0 bridgehead atoms. The summed E-state index contributed by atoms with van der Waals surface area (Å²) < 4.78 is 6.55. The van der Waals surface area contributed by atoms with Crippen molar-refractivity contribution in [1.82, 2.24) is 20.2 Å². The average molecular weight is 412 g/mol. The van der Waals surface area contributed by atoms with E-state index in [0.717, 1.165) is 16.9 Å². The number of benzene rings is 2. The summed E-state index contributed by atoms with van der Waals surface area (Å²) in [4.78, 5) is 12.4. The molecule has 0 spiro atoms. The maximum absolute atomic E-state index is 12.4. The molecule has 0 aliphatic heterocycles. The fourth-order valence-corrected chi connectivity index (χ4v) is 3.51. The van der Waals surface area contributed by atoms with Gasteiger partial charge in [-0.25, -0.2) is 4.68 Å². The van der Waals surface area contributed by atoms with Gasteiger partial charge in [0.15, 0.2) is 5.82 Å². The molecule has 7 nitrogen and oxygen atoms in total. The van der Waals surface area contributed by atoms with Gasteiger partial charge in [0.05, 0.1) is 18.9 Å². The molecule has 1 aromatic heterocycles. The Morgan fingerprint density at radius 3 is 2.55 bits per heavy atom. The Hall–Kier alpha value is -3.00. The van der Waals surface area contributed by atoms with E-state index in [1.807, 2.05) is 37.3 Å². The summed E-state index contributed by atoms with van der Waals surface area (Å²) in [5, 5.41) is 11.7. The smallest absolute Gasteiger partial charge is 0.230 e. The number of ether oxygens (including phenoxy) is 1. The van der Waals surface area contributed by atoms with Crippen molar-refractivity contribution >= 4 is 17.7 Å². The van der Waals surface area contributed by atoms with Crippen molar-refractivity contribution in [3.05, 3.63) is 59.2 Å². The standard InChI is InChI=1S/C21H25N5O2S/c1-13-5-6-17(11-14(13)2)15(3)23-19(27)12-29-21-25-24-20(26(21)22)16-7-9-18(28-4)10-8-16/h5-11,15H,12,22H2,1-4H3,(H,23,27)/t15-/m1/s1. The Bertz CT molecular complexity index is 1000. The number of hydrogen-bond acceptors (Lipinski definition) is 6. The Morgan fingerprint density at radius 2 is 1.90 bits per heavy atom. The van der Waals surface area contributed by atoms with Crippen LogP contribution in [0.4, 0.5) is 0 Å². The Morgan fingerprint density at radius 1 is 1.17 bits per heavy atom. The van der Waals surface area contributed by atoms with E-state index in [1.54, 1.807) is 7.11 Å². The van der Waals surface area contributed by atoms with Gasteiger partial charge in [-0.15, -0.1) is 10.2 Å². The number of nitrogens with one attached hydrogen (secondary N) is 1. The van der Waals surface area contributed by atoms with Crippen molar-refractivity contribution in [2.24, 2.45) is 0 Å². The molecule has 0 radical (unpaired) electrons. The van der Waals surface area contributed by atoms with Gasteiger partial charge in [0.25, 0.3) is 0 Å². The summed E-state index contributed by atoms with van der Waals surface area (Å²) in [6, 6.07) is 13.5. The number of carbonyl (C=O) groups excluding carboxylic acids is 1. The van der Waals surface area contributed by atoms with Crippen LogP contribution in [-0.2, 0) is 4.79 Å². The Balaban J connectivity index is 1.60. The zero-order valence-electron chi connectivity index (χ0n) is 17.0. The predicted molar refractivity (Wildman–Crippen MR) is 115 cm³/mol. The second-order valence-electron chi connectivity index (χ2n) is 6.83. The zero-order valence-corrected chi connectivity index (χ0v) is 17.8. The highest BCUT2D eigenvalue weighted by Crippen LogP contribution is 2.24. The van der Waals surface area contributed by atoms with Crippen LogP contribution in [0.1, 0.15) is 29.7 Å². The molecule has 0 saturated heterocycles. The van der Waals surface area contributed by atoms with Crippen molar-refractivity contribution in [3.63, 3.8) is 0 Å². The number of nitrogen functional groups attached to an aromatic ring is 1. The van der Waals surface area contributed by atoms with Crippen molar-refractivity contribution in [2.75, 3.05) is 18.7 Å². The topological polar surface area (TPSA) is 95.1 Å². The van der Waals surface area contributed by atoms with Gasteiger partial charge >= 0.3 is 0 Å². The van der Waals surface area contributed by atoms with Crippen LogP contribution in [0.5, 0.6) is 5.75 Å². The largest absolute Gasteiger partial charge is 0.497 e. The minimum atomic E-state index is -0.0882. The first kappa shape index (κ1) is 20.7. The Labute approximate surface area is 174 Å². The second kappa shape index (κ2) is 9.00. The summed E-state index contributed by atoms with van der Waals surface area (Å²) in [5.74, 6) is 7.51. The number of carbonyl (C=O) groups is 1. The van der Waals surface area contributed by atoms with Crippen LogP contribution in [-0.4, -0.2) is 33.6 Å². The fourth-order valence-electron chi connectivity index (χ4n) is 2.84. The van der Waals surface area contributed by atoms with Crippen LogP contribution in [0.25, 0.3) is 11.4 Å². The molecule has 0 fully saturated rings. The third kappa shape index (κ3) is 4.89. The number of aryl methyl sites for hydroxylation is 2. The number of amides is 1. The van der Waals surface area contributed by atoms with Crippen molar-refractivity contribution in [2.45, 2.75) is 32.0 Å². The molecule has 1 heterocycles. The molecule has 3 rings (SSSR count). The van der Waals surface area contributed by atoms with Gasteiger partial charge in [0.1, 0.15) is 5.75 Å². The summed E-state index contributed by atoms with van der Waals surface area (Å²) in [6.07, 6.45) is 0. The number of nitrogens with two attached hydrogens (primary N) is 1. The molecule has 29 heavy (non-hydrogen) atoms. The van der Waals surface area contributed by atoms with E-state index in [-0.39, 0.29) is 17.7 Å². The molecule has 2 aromatic carbocycles. The van der Waals surface area contributed by atoms with Crippen molar-refractivity contribution in [1.29, 1.82) is 0 Å². The van der Waals surface area contributed by atoms with Crippen LogP contribution >= 0.6 is 11.8 Å². The molecule has 3 aromatic rings. The number of aromatic nitrogens is 3. The molecule has 3 N–H and O–H groups in total. The third-order valence-corrected chi connectivity index (χ3v) is 5.70. The highest BCUT2D eigenvalue weighted by Gasteiger charge is 2.15. The summed E-state index contributed by atoms with van der Waals surface area (Å²) in [6.45, 7) is 6.11.